The SMILES string of the molecule is Cc1oc(=O)oc1CONC(=O)CCC(C)Cc1ccc(C(=O)O)cc1. The van der Waals surface area contributed by atoms with E-state index in [1.165, 1.54) is 0 Å². The number of hydroxylamine groups is 1. The Hall–Kier alpha value is -2.87. The topological polar surface area (TPSA) is 119 Å². The van der Waals surface area contributed by atoms with E-state index in [1.54, 1.807) is 31.2 Å². The first-order valence-electron chi connectivity index (χ1n) is 8.17. The van der Waals surface area contributed by atoms with Crippen LogP contribution in [0.3, 0.4) is 0 Å². The Morgan fingerprint density at radius 3 is 2.50 bits per heavy atom. The third-order valence-corrected chi connectivity index (χ3v) is 3.87. The number of benzene rings is 1. The van der Waals surface area contributed by atoms with E-state index in [1.807, 2.05) is 6.92 Å². The number of aromatic carboxylic acids is 1. The summed E-state index contributed by atoms with van der Waals surface area (Å²) < 4.78 is 9.43. The third kappa shape index (κ3) is 5.89. The van der Waals surface area contributed by atoms with Crippen molar-refractivity contribution in [1.82, 2.24) is 5.48 Å². The minimum Gasteiger partial charge on any atom is -0.478 e. The van der Waals surface area contributed by atoms with E-state index in [0.29, 0.717) is 12.2 Å². The Bertz CT molecular complexity index is 804. The zero-order valence-corrected chi connectivity index (χ0v) is 14.6. The second-order valence-electron chi connectivity index (χ2n) is 6.10. The van der Waals surface area contributed by atoms with E-state index in [4.69, 9.17) is 14.4 Å². The van der Waals surface area contributed by atoms with E-state index in [0.717, 1.165) is 12.0 Å². The molecule has 140 valence electrons. The molecule has 0 aliphatic carbocycles. The molecule has 0 aliphatic rings. The number of carboxylic acid groups (broad SMARTS) is 1. The first-order valence-corrected chi connectivity index (χ1v) is 8.17. The number of hydrogen-bond acceptors (Lipinski definition) is 6. The maximum atomic E-state index is 11.8. The minimum atomic E-state index is -0.953. The summed E-state index contributed by atoms with van der Waals surface area (Å²) in [7, 11) is 0. The highest BCUT2D eigenvalue weighted by Crippen LogP contribution is 2.15. The number of aryl methyl sites for hydroxylation is 1. The molecule has 8 nitrogen and oxygen atoms in total. The van der Waals surface area contributed by atoms with E-state index in [-0.39, 0.29) is 36.2 Å². The molecular formula is C18H21NO7. The van der Waals surface area contributed by atoms with Crippen LogP contribution in [-0.4, -0.2) is 17.0 Å². The van der Waals surface area contributed by atoms with Crippen LogP contribution < -0.4 is 11.3 Å². The smallest absolute Gasteiger partial charge is 0.478 e. The van der Waals surface area contributed by atoms with Crippen LogP contribution in [0.15, 0.2) is 37.9 Å². The van der Waals surface area contributed by atoms with Gasteiger partial charge in [-0.1, -0.05) is 19.1 Å². The second kappa shape index (κ2) is 9.00. The van der Waals surface area contributed by atoms with Gasteiger partial charge in [0, 0.05) is 6.42 Å². The van der Waals surface area contributed by atoms with Crippen molar-refractivity contribution in [2.75, 3.05) is 0 Å². The van der Waals surface area contributed by atoms with Gasteiger partial charge in [-0.15, -0.1) is 0 Å². The van der Waals surface area contributed by atoms with Crippen LogP contribution >= 0.6 is 0 Å². The Labute approximate surface area is 149 Å². The summed E-state index contributed by atoms with van der Waals surface area (Å²) in [6.07, 6.45) is 1.67. The summed E-state index contributed by atoms with van der Waals surface area (Å²) >= 11 is 0. The molecule has 8 heteroatoms. The maximum absolute atomic E-state index is 11.8. The first-order chi connectivity index (χ1) is 12.3. The van der Waals surface area contributed by atoms with Gasteiger partial charge in [-0.25, -0.2) is 15.1 Å². The lowest BCUT2D eigenvalue weighted by Gasteiger charge is -2.11. The predicted octanol–water partition coefficient (Wildman–Crippen LogP) is 2.45. The van der Waals surface area contributed by atoms with Crippen LogP contribution in [0.1, 0.15) is 47.2 Å². The van der Waals surface area contributed by atoms with Gasteiger partial charge in [-0.3, -0.25) is 9.63 Å². The fourth-order valence-electron chi connectivity index (χ4n) is 2.40. The molecule has 0 fully saturated rings. The summed E-state index contributed by atoms with van der Waals surface area (Å²) in [5, 5.41) is 8.88. The van der Waals surface area contributed by atoms with Crippen molar-refractivity contribution in [2.45, 2.75) is 39.7 Å². The van der Waals surface area contributed by atoms with Gasteiger partial charge in [-0.2, -0.15) is 0 Å². The highest BCUT2D eigenvalue weighted by molar-refractivity contribution is 5.87. The van der Waals surface area contributed by atoms with Crippen molar-refractivity contribution in [2.24, 2.45) is 5.92 Å². The van der Waals surface area contributed by atoms with Gasteiger partial charge in [0.25, 0.3) is 0 Å². The van der Waals surface area contributed by atoms with Gasteiger partial charge in [0.1, 0.15) is 12.4 Å². The Balaban J connectivity index is 1.68. The molecular weight excluding hydrogens is 342 g/mol. The van der Waals surface area contributed by atoms with Crippen LogP contribution in [0.2, 0.25) is 0 Å². The molecule has 0 saturated heterocycles. The molecule has 1 atom stereocenters. The average Bonchev–Trinajstić information content (AvgIpc) is 2.91. The summed E-state index contributed by atoms with van der Waals surface area (Å²) in [5.74, 6) is -1.25. The molecule has 0 bridgehead atoms. The highest BCUT2D eigenvalue weighted by atomic mass is 16.7. The Morgan fingerprint density at radius 2 is 1.92 bits per heavy atom. The van der Waals surface area contributed by atoms with E-state index in [2.05, 4.69) is 9.90 Å². The molecule has 0 spiro atoms. The molecule has 1 heterocycles. The van der Waals surface area contributed by atoms with Gasteiger partial charge in [-0.05, 0) is 43.4 Å². The van der Waals surface area contributed by atoms with Crippen molar-refractivity contribution in [3.05, 3.63) is 57.5 Å². The maximum Gasteiger partial charge on any atom is 0.519 e. The highest BCUT2D eigenvalue weighted by Gasteiger charge is 2.11. The third-order valence-electron chi connectivity index (χ3n) is 3.87. The summed E-state index contributed by atoms with van der Waals surface area (Å²) in [6.45, 7) is 3.49. The van der Waals surface area contributed by atoms with Gasteiger partial charge in [0.15, 0.2) is 5.76 Å². The fourth-order valence-corrected chi connectivity index (χ4v) is 2.40. The molecule has 1 unspecified atom stereocenters. The Morgan fingerprint density at radius 1 is 1.23 bits per heavy atom. The number of rotatable bonds is 9. The zero-order chi connectivity index (χ0) is 19.1. The van der Waals surface area contributed by atoms with Crippen molar-refractivity contribution in [3.63, 3.8) is 0 Å². The number of amides is 1. The van der Waals surface area contributed by atoms with E-state index >= 15 is 0 Å². The summed E-state index contributed by atoms with van der Waals surface area (Å²) in [5.41, 5.74) is 3.57. The van der Waals surface area contributed by atoms with Crippen LogP contribution in [0, 0.1) is 12.8 Å². The van der Waals surface area contributed by atoms with Gasteiger partial charge in [0.05, 0.1) is 5.56 Å². The molecule has 1 aromatic heterocycles. The standard InChI is InChI=1S/C18H21NO7/c1-11(9-13-4-6-14(7-5-13)17(21)22)3-8-16(20)19-24-10-15-12(2)25-18(23)26-15/h4-7,11H,3,8-10H2,1-2H3,(H,19,20)(H,21,22). The molecule has 0 radical (unpaired) electrons. The van der Waals surface area contributed by atoms with Crippen molar-refractivity contribution >= 4 is 11.9 Å². The molecule has 2 aromatic rings. The second-order valence-corrected chi connectivity index (χ2v) is 6.10. The van der Waals surface area contributed by atoms with Crippen molar-refractivity contribution in [3.8, 4) is 0 Å². The fraction of sp³-hybridized carbons (Fsp3) is 0.389. The van der Waals surface area contributed by atoms with Crippen LogP contribution in [0.25, 0.3) is 0 Å². The quantitative estimate of drug-likeness (QED) is 0.657. The number of carbonyl (C=O) groups excluding carboxylic acids is 1. The van der Waals surface area contributed by atoms with E-state index < -0.39 is 11.8 Å². The molecule has 1 amide bonds. The molecule has 1 aromatic carbocycles. The molecule has 0 aliphatic heterocycles. The first kappa shape index (κ1) is 19.5. The van der Waals surface area contributed by atoms with Gasteiger partial charge < -0.3 is 13.9 Å². The average molecular weight is 363 g/mol. The summed E-state index contributed by atoms with van der Waals surface area (Å²) in [4.78, 5) is 38.5. The number of hydrogen-bond donors (Lipinski definition) is 2. The largest absolute Gasteiger partial charge is 0.519 e. The molecule has 0 saturated carbocycles. The lowest BCUT2D eigenvalue weighted by molar-refractivity contribution is -0.135. The number of nitrogens with one attached hydrogen (secondary N) is 1. The van der Waals surface area contributed by atoms with E-state index in [9.17, 15) is 14.4 Å². The zero-order valence-electron chi connectivity index (χ0n) is 14.6. The normalized spacial score (nSPS) is 11.9. The van der Waals surface area contributed by atoms with Crippen LogP contribution in [0.5, 0.6) is 0 Å². The lowest BCUT2D eigenvalue weighted by atomic mass is 9.96. The van der Waals surface area contributed by atoms with Crippen molar-refractivity contribution < 1.29 is 28.4 Å². The van der Waals surface area contributed by atoms with Crippen molar-refractivity contribution in [1.29, 1.82) is 0 Å². The van der Waals surface area contributed by atoms with Crippen LogP contribution in [0.4, 0.5) is 0 Å². The number of carboxylic acids is 1. The number of carbonyl (C=O) groups is 2. The predicted molar refractivity (Wildman–Crippen MR) is 90.4 cm³/mol. The lowest BCUT2D eigenvalue weighted by Crippen LogP contribution is -2.24. The molecule has 2 rings (SSSR count). The van der Waals surface area contributed by atoms with Gasteiger partial charge in [0.2, 0.25) is 5.91 Å². The molecule has 2 N–H and O–H groups in total. The summed E-state index contributed by atoms with van der Waals surface area (Å²) in [6, 6.07) is 6.70. The molecule has 26 heavy (non-hydrogen) atoms. The minimum absolute atomic E-state index is 0.0885. The van der Waals surface area contributed by atoms with Gasteiger partial charge >= 0.3 is 11.8 Å². The Kier molecular flexibility index (Phi) is 6.74. The van der Waals surface area contributed by atoms with Crippen LogP contribution in [-0.2, 0) is 22.7 Å². The monoisotopic (exact) mass is 363 g/mol.